The monoisotopic (exact) mass is 336 g/mol. The molecule has 0 radical (unpaired) electrons. The molecule has 25 heavy (non-hydrogen) atoms. The maximum absolute atomic E-state index is 12.2. The predicted octanol–water partition coefficient (Wildman–Crippen LogP) is 3.36. The highest BCUT2D eigenvalue weighted by Crippen LogP contribution is 2.22. The van der Waals surface area contributed by atoms with E-state index in [2.05, 4.69) is 41.3 Å². The lowest BCUT2D eigenvalue weighted by atomic mass is 9.87. The van der Waals surface area contributed by atoms with E-state index in [0.717, 1.165) is 0 Å². The zero-order valence-corrected chi connectivity index (χ0v) is 14.5. The SMILES string of the molecule is CC(C)(C)c1ccc(C(=O)NCc2nnc(-c3ccccn3)o2)cc1. The number of pyridine rings is 1. The summed E-state index contributed by atoms with van der Waals surface area (Å²) >= 11 is 0. The van der Waals surface area contributed by atoms with Crippen molar-refractivity contribution in [3.63, 3.8) is 0 Å². The Morgan fingerprint density at radius 3 is 2.48 bits per heavy atom. The predicted molar refractivity (Wildman–Crippen MR) is 93.8 cm³/mol. The first-order valence-corrected chi connectivity index (χ1v) is 8.06. The number of nitrogens with zero attached hydrogens (tertiary/aromatic N) is 3. The Morgan fingerprint density at radius 1 is 1.08 bits per heavy atom. The minimum atomic E-state index is -0.182. The van der Waals surface area contributed by atoms with Crippen LogP contribution in [0.5, 0.6) is 0 Å². The second-order valence-electron chi connectivity index (χ2n) is 6.73. The molecule has 2 heterocycles. The van der Waals surface area contributed by atoms with Gasteiger partial charge in [-0.2, -0.15) is 0 Å². The number of carbonyl (C=O) groups is 1. The average molecular weight is 336 g/mol. The highest BCUT2D eigenvalue weighted by Gasteiger charge is 2.15. The number of carbonyl (C=O) groups excluding carboxylic acids is 1. The van der Waals surface area contributed by atoms with Crippen LogP contribution in [0.3, 0.4) is 0 Å². The largest absolute Gasteiger partial charge is 0.417 e. The summed E-state index contributed by atoms with van der Waals surface area (Å²) in [5.41, 5.74) is 2.43. The quantitative estimate of drug-likeness (QED) is 0.790. The van der Waals surface area contributed by atoms with Crippen molar-refractivity contribution in [3.05, 3.63) is 65.7 Å². The Kier molecular flexibility index (Phi) is 4.61. The van der Waals surface area contributed by atoms with Crippen LogP contribution in [-0.2, 0) is 12.0 Å². The highest BCUT2D eigenvalue weighted by atomic mass is 16.4. The van der Waals surface area contributed by atoms with Crippen molar-refractivity contribution in [2.45, 2.75) is 32.7 Å². The topological polar surface area (TPSA) is 80.9 Å². The van der Waals surface area contributed by atoms with Gasteiger partial charge in [0.1, 0.15) is 5.69 Å². The molecule has 1 N–H and O–H groups in total. The maximum atomic E-state index is 12.2. The molecule has 128 valence electrons. The van der Waals surface area contributed by atoms with Gasteiger partial charge in [0.25, 0.3) is 11.8 Å². The first kappa shape index (κ1) is 16.8. The van der Waals surface area contributed by atoms with Crippen LogP contribution < -0.4 is 5.32 Å². The molecule has 0 aliphatic heterocycles. The fraction of sp³-hybridized carbons (Fsp3) is 0.263. The second kappa shape index (κ2) is 6.84. The first-order valence-electron chi connectivity index (χ1n) is 8.06. The van der Waals surface area contributed by atoms with Gasteiger partial charge in [-0.1, -0.05) is 39.0 Å². The van der Waals surface area contributed by atoms with Crippen molar-refractivity contribution in [3.8, 4) is 11.6 Å². The zero-order valence-electron chi connectivity index (χ0n) is 14.5. The molecule has 2 aromatic heterocycles. The lowest BCUT2D eigenvalue weighted by Gasteiger charge is -2.18. The highest BCUT2D eigenvalue weighted by molar-refractivity contribution is 5.94. The Bertz CT molecular complexity index is 849. The summed E-state index contributed by atoms with van der Waals surface area (Å²) in [7, 11) is 0. The van der Waals surface area contributed by atoms with Gasteiger partial charge in [0, 0.05) is 11.8 Å². The van der Waals surface area contributed by atoms with Gasteiger partial charge < -0.3 is 9.73 Å². The van der Waals surface area contributed by atoms with E-state index in [9.17, 15) is 4.79 Å². The molecule has 0 aliphatic carbocycles. The fourth-order valence-corrected chi connectivity index (χ4v) is 2.30. The van der Waals surface area contributed by atoms with Gasteiger partial charge in [-0.05, 0) is 35.2 Å². The molecule has 6 nitrogen and oxygen atoms in total. The van der Waals surface area contributed by atoms with E-state index in [-0.39, 0.29) is 17.9 Å². The molecule has 3 rings (SSSR count). The molecule has 0 atom stereocenters. The molecular formula is C19H20N4O2. The maximum Gasteiger partial charge on any atom is 0.266 e. The van der Waals surface area contributed by atoms with Crippen LogP contribution in [-0.4, -0.2) is 21.1 Å². The first-order chi connectivity index (χ1) is 11.9. The molecule has 0 unspecified atom stereocenters. The van der Waals surface area contributed by atoms with Gasteiger partial charge in [0.2, 0.25) is 5.89 Å². The van der Waals surface area contributed by atoms with Crippen molar-refractivity contribution in [1.29, 1.82) is 0 Å². The van der Waals surface area contributed by atoms with E-state index < -0.39 is 0 Å². The van der Waals surface area contributed by atoms with Crippen molar-refractivity contribution in [1.82, 2.24) is 20.5 Å². The van der Waals surface area contributed by atoms with Crippen LogP contribution in [0.2, 0.25) is 0 Å². The second-order valence-corrected chi connectivity index (χ2v) is 6.73. The third-order valence-electron chi connectivity index (χ3n) is 3.76. The normalized spacial score (nSPS) is 11.3. The minimum Gasteiger partial charge on any atom is -0.417 e. The number of hydrogen-bond acceptors (Lipinski definition) is 5. The van der Waals surface area contributed by atoms with E-state index in [1.165, 1.54) is 5.56 Å². The van der Waals surface area contributed by atoms with Crippen molar-refractivity contribution < 1.29 is 9.21 Å². The van der Waals surface area contributed by atoms with Crippen molar-refractivity contribution >= 4 is 5.91 Å². The lowest BCUT2D eigenvalue weighted by molar-refractivity contribution is 0.0947. The fourth-order valence-electron chi connectivity index (χ4n) is 2.30. The van der Waals surface area contributed by atoms with Crippen LogP contribution in [0.4, 0.5) is 0 Å². The summed E-state index contributed by atoms with van der Waals surface area (Å²) in [5.74, 6) is 0.484. The summed E-state index contributed by atoms with van der Waals surface area (Å²) in [6.45, 7) is 6.57. The molecule has 0 aliphatic rings. The smallest absolute Gasteiger partial charge is 0.266 e. The summed E-state index contributed by atoms with van der Waals surface area (Å²) in [6, 6.07) is 13.0. The van der Waals surface area contributed by atoms with E-state index >= 15 is 0 Å². The molecular weight excluding hydrogens is 316 g/mol. The van der Waals surface area contributed by atoms with Gasteiger partial charge in [-0.3, -0.25) is 9.78 Å². The third kappa shape index (κ3) is 4.09. The van der Waals surface area contributed by atoms with Crippen LogP contribution in [0.25, 0.3) is 11.6 Å². The van der Waals surface area contributed by atoms with Crippen LogP contribution in [0.1, 0.15) is 42.6 Å². The molecule has 0 bridgehead atoms. The van der Waals surface area contributed by atoms with Crippen LogP contribution in [0.15, 0.2) is 53.1 Å². The van der Waals surface area contributed by atoms with Crippen molar-refractivity contribution in [2.75, 3.05) is 0 Å². The number of rotatable bonds is 4. The van der Waals surface area contributed by atoms with Crippen LogP contribution in [0, 0.1) is 0 Å². The molecule has 1 amide bonds. The van der Waals surface area contributed by atoms with Gasteiger partial charge in [0.05, 0.1) is 6.54 Å². The third-order valence-corrected chi connectivity index (χ3v) is 3.76. The van der Waals surface area contributed by atoms with E-state index in [4.69, 9.17) is 4.42 Å². The summed E-state index contributed by atoms with van der Waals surface area (Å²) in [4.78, 5) is 16.4. The number of nitrogens with one attached hydrogen (secondary N) is 1. The standard InChI is InChI=1S/C19H20N4O2/c1-19(2,3)14-9-7-13(8-10-14)17(24)21-12-16-22-23-18(25-16)15-6-4-5-11-20-15/h4-11H,12H2,1-3H3,(H,21,24). The number of hydrogen-bond donors (Lipinski definition) is 1. The minimum absolute atomic E-state index is 0.0562. The van der Waals surface area contributed by atoms with Crippen molar-refractivity contribution in [2.24, 2.45) is 0 Å². The lowest BCUT2D eigenvalue weighted by Crippen LogP contribution is -2.23. The molecule has 0 saturated carbocycles. The number of aromatic nitrogens is 3. The van der Waals surface area contributed by atoms with Crippen LogP contribution >= 0.6 is 0 Å². The number of benzene rings is 1. The Balaban J connectivity index is 1.62. The zero-order chi connectivity index (χ0) is 17.9. The average Bonchev–Trinajstić information content (AvgIpc) is 3.09. The number of amides is 1. The van der Waals surface area contributed by atoms with Gasteiger partial charge in [-0.15, -0.1) is 10.2 Å². The van der Waals surface area contributed by atoms with E-state index in [1.807, 2.05) is 36.4 Å². The molecule has 0 fully saturated rings. The van der Waals surface area contributed by atoms with Gasteiger partial charge in [-0.25, -0.2) is 0 Å². The van der Waals surface area contributed by atoms with Gasteiger partial charge in [0.15, 0.2) is 0 Å². The summed E-state index contributed by atoms with van der Waals surface area (Å²) < 4.78 is 5.52. The Morgan fingerprint density at radius 2 is 1.84 bits per heavy atom. The summed E-state index contributed by atoms with van der Waals surface area (Å²) in [5, 5.41) is 10.7. The molecule has 6 heteroatoms. The molecule has 3 aromatic rings. The molecule has 1 aromatic carbocycles. The molecule has 0 spiro atoms. The Hall–Kier alpha value is -3.02. The summed E-state index contributed by atoms with van der Waals surface area (Å²) in [6.07, 6.45) is 1.65. The van der Waals surface area contributed by atoms with E-state index in [0.29, 0.717) is 23.0 Å². The molecule has 0 saturated heterocycles. The van der Waals surface area contributed by atoms with E-state index in [1.54, 1.807) is 12.3 Å². The Labute approximate surface area is 146 Å². The van der Waals surface area contributed by atoms with Gasteiger partial charge >= 0.3 is 0 Å².